The van der Waals surface area contributed by atoms with E-state index in [2.05, 4.69) is 10.1 Å². The van der Waals surface area contributed by atoms with Crippen molar-refractivity contribution in [2.24, 2.45) is 4.99 Å². The second-order valence-corrected chi connectivity index (χ2v) is 7.48. The Bertz CT molecular complexity index is 1160. The predicted octanol–water partition coefficient (Wildman–Crippen LogP) is 4.52. The molecule has 0 saturated carbocycles. The van der Waals surface area contributed by atoms with E-state index in [-0.39, 0.29) is 17.7 Å². The highest BCUT2D eigenvalue weighted by Gasteiger charge is 2.25. The third kappa shape index (κ3) is 3.78. The fourth-order valence-corrected chi connectivity index (χ4v) is 3.37. The van der Waals surface area contributed by atoms with Crippen LogP contribution in [-0.2, 0) is 9.53 Å². The molecule has 30 heavy (non-hydrogen) atoms. The van der Waals surface area contributed by atoms with Crippen LogP contribution in [0.4, 0.5) is 0 Å². The molecule has 0 atom stereocenters. The molecule has 1 aromatic carbocycles. The molecule has 4 rings (SSSR count). The molecule has 1 aliphatic heterocycles. The van der Waals surface area contributed by atoms with Gasteiger partial charge < -0.3 is 14.0 Å². The number of carbonyl (C=O) groups is 1. The van der Waals surface area contributed by atoms with Crippen molar-refractivity contribution >= 4 is 17.9 Å². The predicted molar refractivity (Wildman–Crippen MR) is 113 cm³/mol. The number of hydrogen-bond donors (Lipinski definition) is 0. The van der Waals surface area contributed by atoms with Crippen LogP contribution in [-0.4, -0.2) is 27.7 Å². The summed E-state index contributed by atoms with van der Waals surface area (Å²) in [5, 5.41) is 4.08. The van der Waals surface area contributed by atoms with Crippen LogP contribution < -0.4 is 4.74 Å². The van der Waals surface area contributed by atoms with Gasteiger partial charge in [0.1, 0.15) is 11.5 Å². The summed E-state index contributed by atoms with van der Waals surface area (Å²) < 4.78 is 18.2. The minimum atomic E-state index is -0.477. The van der Waals surface area contributed by atoms with Gasteiger partial charge in [0.2, 0.25) is 5.90 Å². The molecule has 7 nitrogen and oxygen atoms in total. The van der Waals surface area contributed by atoms with E-state index in [9.17, 15) is 4.79 Å². The van der Waals surface area contributed by atoms with Gasteiger partial charge in [-0.1, -0.05) is 5.16 Å². The monoisotopic (exact) mass is 405 g/mol. The molecule has 0 spiro atoms. The van der Waals surface area contributed by atoms with E-state index in [0.717, 1.165) is 28.5 Å². The lowest BCUT2D eigenvalue weighted by molar-refractivity contribution is -0.129. The van der Waals surface area contributed by atoms with E-state index in [1.165, 1.54) is 0 Å². The Labute approximate surface area is 174 Å². The summed E-state index contributed by atoms with van der Waals surface area (Å²) in [6.45, 7) is 9.71. The second kappa shape index (κ2) is 7.67. The molecule has 0 saturated heterocycles. The van der Waals surface area contributed by atoms with Crippen LogP contribution in [0, 0.1) is 20.8 Å². The first-order valence-electron chi connectivity index (χ1n) is 9.74. The molecule has 0 bridgehead atoms. The van der Waals surface area contributed by atoms with Crippen molar-refractivity contribution < 1.29 is 18.8 Å². The SMILES string of the molecule is Cc1cc(-n2c(C)cc(/C=C3/N=C(c4ccc(OC(C)C)cc4)OC3=O)c2C)no1. The van der Waals surface area contributed by atoms with Gasteiger partial charge >= 0.3 is 5.97 Å². The Balaban J connectivity index is 1.63. The Hall–Kier alpha value is -3.61. The average Bonchev–Trinajstić information content (AvgIpc) is 3.34. The van der Waals surface area contributed by atoms with Crippen molar-refractivity contribution in [1.82, 2.24) is 9.72 Å². The molecule has 7 heteroatoms. The number of aliphatic imine (C=N–C) groups is 1. The molecular formula is C23H23N3O4. The fourth-order valence-electron chi connectivity index (χ4n) is 3.37. The van der Waals surface area contributed by atoms with Crippen molar-refractivity contribution in [3.63, 3.8) is 0 Å². The number of cyclic esters (lactones) is 1. The highest BCUT2D eigenvalue weighted by molar-refractivity contribution is 6.12. The topological polar surface area (TPSA) is 78.9 Å². The number of carbonyl (C=O) groups excluding carboxylic acids is 1. The molecule has 3 aromatic rings. The molecule has 0 fully saturated rings. The molecule has 0 radical (unpaired) electrons. The van der Waals surface area contributed by atoms with Gasteiger partial charge in [-0.15, -0.1) is 0 Å². The number of benzene rings is 1. The number of aromatic nitrogens is 2. The van der Waals surface area contributed by atoms with Gasteiger partial charge in [0.25, 0.3) is 0 Å². The molecule has 3 heterocycles. The standard InChI is InChI=1S/C23H23N3O4/c1-13(2)28-19-8-6-17(7-9-19)22-24-20(23(27)29-22)12-18-10-14(3)26(16(18)5)21-11-15(4)30-25-21/h6-13H,1-5H3/b20-12+. The van der Waals surface area contributed by atoms with Crippen molar-refractivity contribution in [3.8, 4) is 11.6 Å². The van der Waals surface area contributed by atoms with Gasteiger partial charge in [-0.25, -0.2) is 9.79 Å². The summed E-state index contributed by atoms with van der Waals surface area (Å²) >= 11 is 0. The van der Waals surface area contributed by atoms with E-state index in [1.807, 2.05) is 75.6 Å². The van der Waals surface area contributed by atoms with Gasteiger partial charge in [-0.05, 0) is 76.6 Å². The summed E-state index contributed by atoms with van der Waals surface area (Å²) in [5.41, 5.74) is 3.74. The number of aryl methyl sites for hydroxylation is 2. The average molecular weight is 405 g/mol. The maximum absolute atomic E-state index is 12.4. The van der Waals surface area contributed by atoms with Crippen LogP contribution in [0.15, 0.2) is 51.6 Å². The van der Waals surface area contributed by atoms with Crippen molar-refractivity contribution in [2.75, 3.05) is 0 Å². The van der Waals surface area contributed by atoms with Crippen LogP contribution in [0.2, 0.25) is 0 Å². The number of hydrogen-bond acceptors (Lipinski definition) is 6. The van der Waals surface area contributed by atoms with E-state index in [4.69, 9.17) is 14.0 Å². The molecule has 2 aromatic heterocycles. The summed E-state index contributed by atoms with van der Waals surface area (Å²) in [6.07, 6.45) is 1.82. The van der Waals surface area contributed by atoms with E-state index < -0.39 is 5.97 Å². The highest BCUT2D eigenvalue weighted by Crippen LogP contribution is 2.26. The first-order chi connectivity index (χ1) is 14.3. The fraction of sp³-hybridized carbons (Fsp3) is 0.261. The normalized spacial score (nSPS) is 15.1. The van der Waals surface area contributed by atoms with Crippen molar-refractivity contribution in [1.29, 1.82) is 0 Å². The zero-order valence-electron chi connectivity index (χ0n) is 17.6. The number of ether oxygens (including phenoxy) is 2. The summed E-state index contributed by atoms with van der Waals surface area (Å²) in [4.78, 5) is 16.8. The molecule has 0 N–H and O–H groups in total. The Morgan fingerprint density at radius 3 is 2.47 bits per heavy atom. The summed E-state index contributed by atoms with van der Waals surface area (Å²) in [5.74, 6) is 1.99. The van der Waals surface area contributed by atoms with Crippen molar-refractivity contribution in [2.45, 2.75) is 40.7 Å². The highest BCUT2D eigenvalue weighted by atomic mass is 16.6. The Morgan fingerprint density at radius 1 is 1.10 bits per heavy atom. The van der Waals surface area contributed by atoms with Crippen molar-refractivity contribution in [3.05, 3.63) is 70.4 Å². The lowest BCUT2D eigenvalue weighted by Gasteiger charge is -2.09. The maximum atomic E-state index is 12.4. The number of esters is 1. The largest absolute Gasteiger partial charge is 0.491 e. The molecule has 1 aliphatic rings. The lowest BCUT2D eigenvalue weighted by atomic mass is 10.2. The summed E-state index contributed by atoms with van der Waals surface area (Å²) in [6, 6.07) is 11.2. The smallest absolute Gasteiger partial charge is 0.363 e. The van der Waals surface area contributed by atoms with Crippen LogP contribution >= 0.6 is 0 Å². The molecule has 0 aliphatic carbocycles. The first-order valence-corrected chi connectivity index (χ1v) is 9.74. The van der Waals surface area contributed by atoms with Gasteiger partial charge in [0.05, 0.1) is 6.10 Å². The Kier molecular flexibility index (Phi) is 5.03. The second-order valence-electron chi connectivity index (χ2n) is 7.48. The Morgan fingerprint density at radius 2 is 1.83 bits per heavy atom. The van der Waals surface area contributed by atoms with Crippen LogP contribution in [0.25, 0.3) is 11.9 Å². The van der Waals surface area contributed by atoms with Gasteiger partial charge in [0.15, 0.2) is 11.5 Å². The molecule has 154 valence electrons. The van der Waals surface area contributed by atoms with Gasteiger partial charge in [-0.2, -0.15) is 0 Å². The molecule has 0 amide bonds. The van der Waals surface area contributed by atoms with E-state index >= 15 is 0 Å². The number of rotatable bonds is 5. The molecule has 0 unspecified atom stereocenters. The van der Waals surface area contributed by atoms with E-state index in [0.29, 0.717) is 11.4 Å². The minimum Gasteiger partial charge on any atom is -0.491 e. The van der Waals surface area contributed by atoms with Crippen LogP contribution in [0.1, 0.15) is 42.1 Å². The van der Waals surface area contributed by atoms with Crippen LogP contribution in [0.3, 0.4) is 0 Å². The van der Waals surface area contributed by atoms with Crippen LogP contribution in [0.5, 0.6) is 5.75 Å². The first kappa shape index (κ1) is 19.7. The minimum absolute atomic E-state index is 0.0900. The number of nitrogens with zero attached hydrogens (tertiary/aromatic N) is 3. The summed E-state index contributed by atoms with van der Waals surface area (Å²) in [7, 11) is 0. The molecular weight excluding hydrogens is 382 g/mol. The third-order valence-corrected chi connectivity index (χ3v) is 4.70. The zero-order chi connectivity index (χ0) is 21.4. The quantitative estimate of drug-likeness (QED) is 0.461. The maximum Gasteiger partial charge on any atom is 0.363 e. The lowest BCUT2D eigenvalue weighted by Crippen LogP contribution is -2.07. The zero-order valence-corrected chi connectivity index (χ0v) is 17.6. The van der Waals surface area contributed by atoms with E-state index in [1.54, 1.807) is 6.08 Å². The van der Waals surface area contributed by atoms with Gasteiger partial charge in [-0.3, -0.25) is 4.57 Å². The third-order valence-electron chi connectivity index (χ3n) is 4.70. The van der Waals surface area contributed by atoms with Gasteiger partial charge in [0, 0.05) is 23.0 Å².